The van der Waals surface area contributed by atoms with Crippen molar-refractivity contribution in [2.75, 3.05) is 26.1 Å². The minimum absolute atomic E-state index is 0.00411. The van der Waals surface area contributed by atoms with Crippen LogP contribution in [0.15, 0.2) is 113 Å². The number of anilines is 1. The standard InChI is InChI=1S/C48H56N6O7Si/c1-31(2)44(55)52-46-51-43-42(45(56)53-46)49-30-54(43)48(50-27-32-13-11-10-12-14-32)41(61-62(8,9)47(3,4)5)26-39(60-48)29-59-28-36-16-15-35(33-17-21-37(57-6)22-18-33)25-40(36)34-19-23-38(58-7)24-20-34/h10-25,27,30-31,39,41H,26,28-29H2,1-9H3,(H2,51,52,53,55,56)/b50-27+. The monoisotopic (exact) mass is 856 g/mol. The molecule has 1 aliphatic heterocycles. The zero-order chi connectivity index (χ0) is 44.2. The molecule has 4 aromatic carbocycles. The van der Waals surface area contributed by atoms with E-state index in [2.05, 4.69) is 67.3 Å². The third-order valence-corrected chi connectivity index (χ3v) is 16.2. The Morgan fingerprint density at radius 1 is 0.968 bits per heavy atom. The number of H-pyrrole nitrogens is 1. The van der Waals surface area contributed by atoms with Crippen LogP contribution < -0.4 is 20.3 Å². The van der Waals surface area contributed by atoms with Gasteiger partial charge in [0.25, 0.3) is 11.4 Å². The lowest BCUT2D eigenvalue weighted by Crippen LogP contribution is -2.51. The number of carbonyl (C=O) groups is 1. The number of aromatic amines is 1. The van der Waals surface area contributed by atoms with Crippen LogP contribution in [0.4, 0.5) is 5.95 Å². The third-order valence-electron chi connectivity index (χ3n) is 11.7. The highest BCUT2D eigenvalue weighted by atomic mass is 28.4. The van der Waals surface area contributed by atoms with Crippen LogP contribution in [0.2, 0.25) is 18.1 Å². The van der Waals surface area contributed by atoms with E-state index in [4.69, 9.17) is 33.3 Å². The number of methoxy groups -OCH3 is 2. The average Bonchev–Trinajstić information content (AvgIpc) is 3.84. The lowest BCUT2D eigenvalue weighted by atomic mass is 9.94. The molecule has 3 unspecified atom stereocenters. The second-order valence-electron chi connectivity index (χ2n) is 17.4. The van der Waals surface area contributed by atoms with Crippen molar-refractivity contribution >= 4 is 37.6 Å². The lowest BCUT2D eigenvalue weighted by Gasteiger charge is -2.42. The number of aromatic nitrogens is 4. The summed E-state index contributed by atoms with van der Waals surface area (Å²) in [6.45, 7) is 14.9. The summed E-state index contributed by atoms with van der Waals surface area (Å²) < 4.78 is 33.5. The number of hydrogen-bond donors (Lipinski definition) is 2. The Bertz CT molecular complexity index is 2580. The molecule has 62 heavy (non-hydrogen) atoms. The number of hydrogen-bond acceptors (Lipinski definition) is 10. The fourth-order valence-corrected chi connectivity index (χ4v) is 8.40. The quantitative estimate of drug-likeness (QED) is 0.0761. The van der Waals surface area contributed by atoms with Crippen molar-refractivity contribution in [2.24, 2.45) is 10.9 Å². The van der Waals surface area contributed by atoms with E-state index in [1.165, 1.54) is 6.33 Å². The van der Waals surface area contributed by atoms with Gasteiger partial charge in [0.15, 0.2) is 19.5 Å². The first-order valence-corrected chi connectivity index (χ1v) is 23.8. The van der Waals surface area contributed by atoms with E-state index in [0.717, 1.165) is 44.9 Å². The molecular formula is C48H56N6O7Si. The van der Waals surface area contributed by atoms with E-state index < -0.39 is 31.9 Å². The van der Waals surface area contributed by atoms with E-state index in [9.17, 15) is 9.59 Å². The van der Waals surface area contributed by atoms with Gasteiger partial charge in [-0.2, -0.15) is 4.98 Å². The van der Waals surface area contributed by atoms with E-state index >= 15 is 0 Å². The molecule has 0 spiro atoms. The van der Waals surface area contributed by atoms with Crippen LogP contribution in [0.1, 0.15) is 52.2 Å². The van der Waals surface area contributed by atoms with Gasteiger partial charge >= 0.3 is 0 Å². The zero-order valence-electron chi connectivity index (χ0n) is 36.9. The molecule has 3 heterocycles. The summed E-state index contributed by atoms with van der Waals surface area (Å²) in [6, 6.07) is 32.1. The van der Waals surface area contributed by atoms with Gasteiger partial charge in [-0.25, -0.2) is 9.98 Å². The molecule has 0 saturated carbocycles. The fourth-order valence-electron chi connectivity index (χ4n) is 7.08. The van der Waals surface area contributed by atoms with Gasteiger partial charge in [-0.05, 0) is 81.8 Å². The fraction of sp³-hybridized carbons (Fsp3) is 0.354. The van der Waals surface area contributed by atoms with Crippen molar-refractivity contribution in [3.63, 3.8) is 0 Å². The Hall–Kier alpha value is -5.93. The number of aliphatic imine (C=N–C) groups is 1. The molecule has 0 aliphatic carbocycles. The van der Waals surface area contributed by atoms with E-state index in [-0.39, 0.29) is 40.6 Å². The first-order valence-electron chi connectivity index (χ1n) is 20.8. The highest BCUT2D eigenvalue weighted by Crippen LogP contribution is 2.46. The van der Waals surface area contributed by atoms with E-state index in [0.29, 0.717) is 13.0 Å². The lowest BCUT2D eigenvalue weighted by molar-refractivity contribution is -0.141. The number of fused-ring (bicyclic) bond motifs is 1. The highest BCUT2D eigenvalue weighted by molar-refractivity contribution is 6.74. The molecule has 1 fully saturated rings. The van der Waals surface area contributed by atoms with Crippen LogP contribution >= 0.6 is 0 Å². The second kappa shape index (κ2) is 18.2. The van der Waals surface area contributed by atoms with Gasteiger partial charge in [0.2, 0.25) is 11.9 Å². The van der Waals surface area contributed by atoms with Crippen LogP contribution in [-0.2, 0) is 31.2 Å². The normalized spacial score (nSPS) is 18.2. The molecule has 2 aromatic heterocycles. The van der Waals surface area contributed by atoms with Crippen LogP contribution in [-0.4, -0.2) is 73.0 Å². The van der Waals surface area contributed by atoms with Crippen molar-refractivity contribution in [3.8, 4) is 33.8 Å². The van der Waals surface area contributed by atoms with Crippen molar-refractivity contribution in [1.29, 1.82) is 0 Å². The van der Waals surface area contributed by atoms with Gasteiger partial charge in [-0.1, -0.05) is 101 Å². The smallest absolute Gasteiger partial charge is 0.280 e. The largest absolute Gasteiger partial charge is 0.497 e. The number of amides is 1. The Morgan fingerprint density at radius 3 is 2.24 bits per heavy atom. The van der Waals surface area contributed by atoms with E-state index in [1.54, 1.807) is 38.8 Å². The molecule has 6 aromatic rings. The molecule has 1 saturated heterocycles. The molecule has 1 amide bonds. The molecule has 7 rings (SSSR count). The molecule has 14 heteroatoms. The molecule has 324 valence electrons. The van der Waals surface area contributed by atoms with Crippen molar-refractivity contribution in [1.82, 2.24) is 19.5 Å². The first kappa shape index (κ1) is 44.1. The topological polar surface area (TPSA) is 151 Å². The number of rotatable bonds is 15. The minimum Gasteiger partial charge on any atom is -0.497 e. The predicted octanol–water partition coefficient (Wildman–Crippen LogP) is 9.19. The molecule has 2 N–H and O–H groups in total. The SMILES string of the molecule is COc1ccc(-c2ccc(COCC3CC(O[Si](C)(C)C(C)(C)C)C(/N=C/c4ccccc4)(n4cnc5c(=O)[nH]c(NC(=O)C(C)C)nc54)O3)c(-c3ccc(OC)cc3)c2)cc1. The van der Waals surface area contributed by atoms with Gasteiger partial charge in [0, 0.05) is 18.6 Å². The first-order chi connectivity index (χ1) is 29.6. The Morgan fingerprint density at radius 2 is 1.61 bits per heavy atom. The van der Waals surface area contributed by atoms with E-state index in [1.807, 2.05) is 78.9 Å². The van der Waals surface area contributed by atoms with Crippen LogP contribution in [0, 0.1) is 5.92 Å². The summed E-state index contributed by atoms with van der Waals surface area (Å²) in [4.78, 5) is 43.3. The molecule has 0 bridgehead atoms. The van der Waals surface area contributed by atoms with Gasteiger partial charge in [-0.15, -0.1) is 0 Å². The number of nitrogens with one attached hydrogen (secondary N) is 2. The summed E-state index contributed by atoms with van der Waals surface area (Å²) in [7, 11) is 0.819. The number of ether oxygens (including phenoxy) is 4. The predicted molar refractivity (Wildman–Crippen MR) is 245 cm³/mol. The van der Waals surface area contributed by atoms with Gasteiger partial charge in [0.1, 0.15) is 23.9 Å². The maximum atomic E-state index is 13.5. The molecule has 0 radical (unpaired) electrons. The van der Waals surface area contributed by atoms with Crippen LogP contribution in [0.5, 0.6) is 11.5 Å². The van der Waals surface area contributed by atoms with Gasteiger partial charge < -0.3 is 23.4 Å². The maximum Gasteiger partial charge on any atom is 0.280 e. The number of imidazole rings is 1. The molecule has 13 nitrogen and oxygen atoms in total. The van der Waals surface area contributed by atoms with Crippen LogP contribution in [0.3, 0.4) is 0 Å². The molecular weight excluding hydrogens is 801 g/mol. The second-order valence-corrected chi connectivity index (χ2v) is 22.1. The van der Waals surface area contributed by atoms with Crippen molar-refractivity contribution in [2.45, 2.75) is 83.8 Å². The molecule has 3 atom stereocenters. The van der Waals surface area contributed by atoms with Gasteiger partial charge in [-0.3, -0.25) is 24.5 Å². The highest BCUT2D eigenvalue weighted by Gasteiger charge is 2.55. The Kier molecular flexibility index (Phi) is 12.9. The summed E-state index contributed by atoms with van der Waals surface area (Å²) in [5.74, 6) is -0.650. The zero-order valence-corrected chi connectivity index (χ0v) is 37.9. The Labute approximate surface area is 363 Å². The summed E-state index contributed by atoms with van der Waals surface area (Å²) in [5, 5.41) is 2.57. The van der Waals surface area contributed by atoms with Crippen LogP contribution in [0.25, 0.3) is 33.4 Å². The number of benzene rings is 4. The summed E-state index contributed by atoms with van der Waals surface area (Å²) in [5.41, 5.74) is 5.73. The third kappa shape index (κ3) is 9.43. The Balaban J connectivity index is 1.26. The van der Waals surface area contributed by atoms with Gasteiger partial charge in [0.05, 0.1) is 33.5 Å². The maximum absolute atomic E-state index is 13.5. The van der Waals surface area contributed by atoms with Crippen molar-refractivity contribution in [3.05, 3.63) is 125 Å². The summed E-state index contributed by atoms with van der Waals surface area (Å²) in [6.07, 6.45) is 2.53. The number of carbonyl (C=O) groups excluding carboxylic acids is 1. The average molecular weight is 857 g/mol. The molecule has 1 aliphatic rings. The summed E-state index contributed by atoms with van der Waals surface area (Å²) >= 11 is 0. The minimum atomic E-state index is -2.50. The number of nitrogens with zero attached hydrogens (tertiary/aromatic N) is 4. The van der Waals surface area contributed by atoms with Crippen molar-refractivity contribution < 1.29 is 28.2 Å².